The summed E-state index contributed by atoms with van der Waals surface area (Å²) in [6, 6.07) is 0.524. The van der Waals surface area contributed by atoms with E-state index in [0.717, 1.165) is 18.4 Å². The van der Waals surface area contributed by atoms with E-state index in [-0.39, 0.29) is 0 Å². The van der Waals surface area contributed by atoms with Crippen molar-refractivity contribution in [1.29, 1.82) is 0 Å². The van der Waals surface area contributed by atoms with Crippen molar-refractivity contribution >= 4 is 0 Å². The van der Waals surface area contributed by atoms with Gasteiger partial charge in [-0.3, -0.25) is 11.3 Å². The van der Waals surface area contributed by atoms with Gasteiger partial charge in [-0.15, -0.1) is 0 Å². The normalized spacial score (nSPS) is 33.5. The summed E-state index contributed by atoms with van der Waals surface area (Å²) >= 11 is 0. The molecule has 0 aromatic rings. The van der Waals surface area contributed by atoms with Gasteiger partial charge in [0.15, 0.2) is 0 Å². The molecule has 1 aliphatic carbocycles. The maximum absolute atomic E-state index is 5.80. The van der Waals surface area contributed by atoms with Gasteiger partial charge in [-0.05, 0) is 56.8 Å². The van der Waals surface area contributed by atoms with Crippen molar-refractivity contribution in [3.05, 3.63) is 0 Å². The first-order valence-corrected chi connectivity index (χ1v) is 8.41. The predicted octanol–water partition coefficient (Wildman–Crippen LogP) is 3.38. The Morgan fingerprint density at radius 2 is 2.16 bits per heavy atom. The summed E-state index contributed by atoms with van der Waals surface area (Å²) in [7, 11) is 0. The van der Waals surface area contributed by atoms with Gasteiger partial charge in [0.05, 0.1) is 6.10 Å². The minimum atomic E-state index is 0.524. The number of nitrogens with two attached hydrogens (primary N) is 1. The molecule has 2 rings (SSSR count). The van der Waals surface area contributed by atoms with Gasteiger partial charge in [0.25, 0.3) is 0 Å². The fourth-order valence-corrected chi connectivity index (χ4v) is 3.96. The molecular weight excluding hydrogens is 236 g/mol. The molecule has 0 radical (unpaired) electrons. The van der Waals surface area contributed by atoms with Crippen LogP contribution in [0.4, 0.5) is 0 Å². The highest BCUT2D eigenvalue weighted by Crippen LogP contribution is 2.34. The van der Waals surface area contributed by atoms with Gasteiger partial charge in [0.1, 0.15) is 0 Å². The molecule has 3 N–H and O–H groups in total. The number of rotatable bonds is 7. The molecule has 0 spiro atoms. The summed E-state index contributed by atoms with van der Waals surface area (Å²) in [4.78, 5) is 0. The predicted molar refractivity (Wildman–Crippen MR) is 79.7 cm³/mol. The first-order chi connectivity index (χ1) is 9.33. The molecule has 2 fully saturated rings. The summed E-state index contributed by atoms with van der Waals surface area (Å²) in [5, 5.41) is 0. The third-order valence-electron chi connectivity index (χ3n) is 5.25. The Kier molecular flexibility index (Phi) is 6.62. The van der Waals surface area contributed by atoms with E-state index in [1.54, 1.807) is 0 Å². The summed E-state index contributed by atoms with van der Waals surface area (Å²) < 4.78 is 5.70. The smallest absolute Gasteiger partial charge is 0.0576 e. The Morgan fingerprint density at radius 3 is 2.84 bits per heavy atom. The Morgan fingerprint density at radius 1 is 1.26 bits per heavy atom. The van der Waals surface area contributed by atoms with Crippen molar-refractivity contribution < 1.29 is 4.74 Å². The molecule has 0 bridgehead atoms. The Hall–Kier alpha value is -0.120. The quantitative estimate of drug-likeness (QED) is 0.549. The lowest BCUT2D eigenvalue weighted by atomic mass is 9.76. The summed E-state index contributed by atoms with van der Waals surface area (Å²) in [6.07, 6.45) is 13.7. The molecule has 4 atom stereocenters. The molecular formula is C16H32N2O. The number of hydrogen-bond donors (Lipinski definition) is 2. The molecule has 1 aliphatic heterocycles. The average molecular weight is 268 g/mol. The molecule has 1 saturated heterocycles. The van der Waals surface area contributed by atoms with Crippen LogP contribution >= 0.6 is 0 Å². The van der Waals surface area contributed by atoms with Crippen LogP contribution in [0.3, 0.4) is 0 Å². The lowest BCUT2D eigenvalue weighted by Crippen LogP contribution is -2.42. The zero-order valence-corrected chi connectivity index (χ0v) is 12.6. The van der Waals surface area contributed by atoms with Crippen molar-refractivity contribution in [2.75, 3.05) is 6.61 Å². The SMILES string of the molecule is CCC1CCCC(C(CCCC2CCCO2)NN)C1. The molecule has 0 aromatic heterocycles. The molecule has 112 valence electrons. The van der Waals surface area contributed by atoms with E-state index >= 15 is 0 Å². The van der Waals surface area contributed by atoms with E-state index in [4.69, 9.17) is 10.6 Å². The second kappa shape index (κ2) is 8.23. The maximum atomic E-state index is 5.80. The van der Waals surface area contributed by atoms with E-state index in [9.17, 15) is 0 Å². The largest absolute Gasteiger partial charge is 0.378 e. The molecule has 1 heterocycles. The zero-order valence-electron chi connectivity index (χ0n) is 12.6. The minimum Gasteiger partial charge on any atom is -0.378 e. The van der Waals surface area contributed by atoms with Crippen LogP contribution in [0.2, 0.25) is 0 Å². The third kappa shape index (κ3) is 4.73. The molecule has 3 nitrogen and oxygen atoms in total. The van der Waals surface area contributed by atoms with Crippen molar-refractivity contribution in [1.82, 2.24) is 5.43 Å². The highest BCUT2D eigenvalue weighted by molar-refractivity contribution is 4.81. The van der Waals surface area contributed by atoms with Crippen LogP contribution in [0.15, 0.2) is 0 Å². The van der Waals surface area contributed by atoms with Crippen LogP contribution in [0.25, 0.3) is 0 Å². The van der Waals surface area contributed by atoms with Gasteiger partial charge >= 0.3 is 0 Å². The first kappa shape index (κ1) is 15.3. The van der Waals surface area contributed by atoms with E-state index in [2.05, 4.69) is 12.3 Å². The molecule has 0 amide bonds. The van der Waals surface area contributed by atoms with Crippen LogP contribution in [0.1, 0.15) is 71.1 Å². The van der Waals surface area contributed by atoms with Gasteiger partial charge < -0.3 is 4.74 Å². The van der Waals surface area contributed by atoms with Crippen LogP contribution in [0, 0.1) is 11.8 Å². The summed E-state index contributed by atoms with van der Waals surface area (Å²) in [5.41, 5.74) is 3.10. The highest BCUT2D eigenvalue weighted by atomic mass is 16.5. The fourth-order valence-electron chi connectivity index (χ4n) is 3.96. The molecule has 0 aromatic carbocycles. The molecule has 1 saturated carbocycles. The van der Waals surface area contributed by atoms with Crippen LogP contribution in [-0.4, -0.2) is 18.8 Å². The highest BCUT2D eigenvalue weighted by Gasteiger charge is 2.27. The van der Waals surface area contributed by atoms with Gasteiger partial charge in [0.2, 0.25) is 0 Å². The van der Waals surface area contributed by atoms with E-state index in [1.807, 2.05) is 0 Å². The van der Waals surface area contributed by atoms with Gasteiger partial charge in [-0.1, -0.05) is 26.2 Å². The molecule has 4 unspecified atom stereocenters. The average Bonchev–Trinajstić information content (AvgIpc) is 2.97. The van der Waals surface area contributed by atoms with E-state index in [0.29, 0.717) is 12.1 Å². The molecule has 2 aliphatic rings. The Labute approximate surface area is 118 Å². The monoisotopic (exact) mass is 268 g/mol. The standard InChI is InChI=1S/C16H32N2O/c1-2-13-6-3-7-14(12-13)16(18-17)10-4-8-15-9-5-11-19-15/h13-16,18H,2-12,17H2,1H3. The fraction of sp³-hybridized carbons (Fsp3) is 1.00. The van der Waals surface area contributed by atoms with Crippen molar-refractivity contribution in [2.45, 2.75) is 83.3 Å². The van der Waals surface area contributed by atoms with Gasteiger partial charge in [-0.2, -0.15) is 0 Å². The minimum absolute atomic E-state index is 0.524. The van der Waals surface area contributed by atoms with Crippen LogP contribution in [-0.2, 0) is 4.74 Å². The zero-order chi connectivity index (χ0) is 13.5. The Balaban J connectivity index is 1.69. The van der Waals surface area contributed by atoms with Gasteiger partial charge in [-0.25, -0.2) is 0 Å². The second-order valence-corrected chi connectivity index (χ2v) is 6.54. The van der Waals surface area contributed by atoms with Crippen LogP contribution in [0.5, 0.6) is 0 Å². The third-order valence-corrected chi connectivity index (χ3v) is 5.25. The van der Waals surface area contributed by atoms with Gasteiger partial charge in [0, 0.05) is 12.6 Å². The Bertz CT molecular complexity index is 241. The topological polar surface area (TPSA) is 47.3 Å². The number of nitrogens with one attached hydrogen (secondary N) is 1. The molecule has 3 heteroatoms. The van der Waals surface area contributed by atoms with E-state index < -0.39 is 0 Å². The second-order valence-electron chi connectivity index (χ2n) is 6.54. The lowest BCUT2D eigenvalue weighted by Gasteiger charge is -2.34. The summed E-state index contributed by atoms with van der Waals surface area (Å²) in [6.45, 7) is 3.30. The first-order valence-electron chi connectivity index (χ1n) is 8.41. The maximum Gasteiger partial charge on any atom is 0.0576 e. The van der Waals surface area contributed by atoms with Crippen molar-refractivity contribution in [3.63, 3.8) is 0 Å². The number of hydrogen-bond acceptors (Lipinski definition) is 3. The number of hydrazine groups is 1. The molecule has 19 heavy (non-hydrogen) atoms. The van der Waals surface area contributed by atoms with Crippen molar-refractivity contribution in [2.24, 2.45) is 17.7 Å². The van der Waals surface area contributed by atoms with E-state index in [1.165, 1.54) is 64.2 Å². The summed E-state index contributed by atoms with van der Waals surface area (Å²) in [5.74, 6) is 7.54. The van der Waals surface area contributed by atoms with Crippen LogP contribution < -0.4 is 11.3 Å². The van der Waals surface area contributed by atoms with Crippen molar-refractivity contribution in [3.8, 4) is 0 Å². The number of ether oxygens (including phenoxy) is 1. The lowest BCUT2D eigenvalue weighted by molar-refractivity contribution is 0.0993.